The molecule has 1 unspecified atom stereocenters. The second kappa shape index (κ2) is 8.05. The van der Waals surface area contributed by atoms with Crippen molar-refractivity contribution in [2.45, 2.75) is 37.2 Å². The minimum absolute atomic E-state index is 0.241. The lowest BCUT2D eigenvalue weighted by molar-refractivity contribution is 0.314. The highest BCUT2D eigenvalue weighted by Gasteiger charge is 2.24. The van der Waals surface area contributed by atoms with E-state index in [4.69, 9.17) is 11.2 Å². The van der Waals surface area contributed by atoms with E-state index in [1.54, 1.807) is 23.9 Å². The quantitative estimate of drug-likeness (QED) is 0.761. The first-order valence-corrected chi connectivity index (χ1v) is 7.22. The number of hydrogen-bond acceptors (Lipinski definition) is 2. The van der Waals surface area contributed by atoms with Gasteiger partial charge in [0.05, 0.1) is 5.25 Å². The molecule has 0 bridgehead atoms. The number of thioether (sulfide) groups is 1. The molecule has 0 amide bonds. The molecule has 1 aromatic carbocycles. The molecule has 1 aliphatic rings. The molecule has 98 valence electrons. The second-order valence-corrected chi connectivity index (χ2v) is 5.26. The van der Waals surface area contributed by atoms with Gasteiger partial charge in [-0.25, -0.2) is 4.39 Å². The summed E-state index contributed by atoms with van der Waals surface area (Å²) in [6, 6.07) is 6.10. The first kappa shape index (κ1) is 14.9. The fourth-order valence-corrected chi connectivity index (χ4v) is 2.91. The van der Waals surface area contributed by atoms with Gasteiger partial charge in [-0.2, -0.15) is 0 Å². The summed E-state index contributed by atoms with van der Waals surface area (Å²) in [5.74, 6) is 3.23. The topological polar surface area (TPSA) is 9.23 Å². The number of ether oxygens (including phenoxy) is 1. The largest absolute Gasteiger partial charge is 0.492 e. The van der Waals surface area contributed by atoms with Crippen LogP contribution in [-0.4, -0.2) is 17.1 Å². The molecule has 2 rings (SSSR count). The van der Waals surface area contributed by atoms with Crippen LogP contribution in [0.4, 0.5) is 4.39 Å². The molecule has 0 spiro atoms. The maximum absolute atomic E-state index is 12.6. The third kappa shape index (κ3) is 4.62. The van der Waals surface area contributed by atoms with Crippen molar-refractivity contribution in [2.75, 3.05) is 6.61 Å². The molecule has 0 aromatic heterocycles. The molecule has 1 heterocycles. The molecule has 1 nitrogen and oxygen atoms in total. The van der Waals surface area contributed by atoms with Crippen LogP contribution in [-0.2, 0) is 0 Å². The maximum Gasteiger partial charge on any atom is 0.123 e. The standard InChI is InChI=1S/C13H13FOS.C2H6/c1-2-12-7-8-13(16-12)9-15-11-5-3-10(14)4-6-11;1-2/h1,3-6,12-13H,7-9H2;1-2H3/t12?,13-;/m0./s1. The highest BCUT2D eigenvalue weighted by atomic mass is 32.2. The van der Waals surface area contributed by atoms with Crippen LogP contribution in [0.3, 0.4) is 0 Å². The van der Waals surface area contributed by atoms with Crippen molar-refractivity contribution in [1.29, 1.82) is 0 Å². The Bertz CT molecular complexity index is 382. The minimum Gasteiger partial charge on any atom is -0.492 e. The predicted octanol–water partition coefficient (Wildman–Crippen LogP) is 4.13. The number of hydrogen-bond donors (Lipinski definition) is 0. The zero-order valence-electron chi connectivity index (χ0n) is 10.9. The van der Waals surface area contributed by atoms with E-state index in [2.05, 4.69) is 5.92 Å². The zero-order valence-corrected chi connectivity index (χ0v) is 11.7. The molecule has 1 aliphatic heterocycles. The molecule has 1 saturated heterocycles. The van der Waals surface area contributed by atoms with Crippen molar-refractivity contribution in [3.63, 3.8) is 0 Å². The molecule has 3 heteroatoms. The molecule has 2 atom stereocenters. The Morgan fingerprint density at radius 1 is 1.33 bits per heavy atom. The average molecular weight is 266 g/mol. The Balaban J connectivity index is 0.000000771. The van der Waals surface area contributed by atoms with Gasteiger partial charge in [-0.3, -0.25) is 0 Å². The van der Waals surface area contributed by atoms with Gasteiger partial charge in [0.25, 0.3) is 0 Å². The first-order valence-electron chi connectivity index (χ1n) is 6.28. The fraction of sp³-hybridized carbons (Fsp3) is 0.467. The summed E-state index contributed by atoms with van der Waals surface area (Å²) < 4.78 is 18.2. The number of benzene rings is 1. The van der Waals surface area contributed by atoms with E-state index < -0.39 is 0 Å². The molecule has 18 heavy (non-hydrogen) atoms. The molecule has 0 aliphatic carbocycles. The van der Waals surface area contributed by atoms with Gasteiger partial charge < -0.3 is 4.74 Å². The van der Waals surface area contributed by atoms with Crippen molar-refractivity contribution < 1.29 is 9.13 Å². The molecule has 0 radical (unpaired) electrons. The highest BCUT2D eigenvalue weighted by molar-refractivity contribution is 8.01. The fourth-order valence-electron chi connectivity index (χ4n) is 1.67. The summed E-state index contributed by atoms with van der Waals surface area (Å²) in [4.78, 5) is 0. The average Bonchev–Trinajstić information content (AvgIpc) is 2.88. The van der Waals surface area contributed by atoms with Crippen LogP contribution < -0.4 is 4.74 Å². The van der Waals surface area contributed by atoms with Crippen molar-refractivity contribution in [3.05, 3.63) is 30.1 Å². The van der Waals surface area contributed by atoms with Crippen LogP contribution in [0.1, 0.15) is 26.7 Å². The van der Waals surface area contributed by atoms with Gasteiger partial charge in [-0.15, -0.1) is 18.2 Å². The monoisotopic (exact) mass is 266 g/mol. The van der Waals surface area contributed by atoms with E-state index in [9.17, 15) is 4.39 Å². The molecular weight excluding hydrogens is 247 g/mol. The molecule has 0 N–H and O–H groups in total. The number of halogens is 1. The van der Waals surface area contributed by atoms with Crippen molar-refractivity contribution in [2.24, 2.45) is 0 Å². The third-order valence-electron chi connectivity index (χ3n) is 2.54. The van der Waals surface area contributed by atoms with Crippen LogP contribution in [0.25, 0.3) is 0 Å². The Morgan fingerprint density at radius 3 is 2.56 bits per heavy atom. The maximum atomic E-state index is 12.6. The summed E-state index contributed by atoms with van der Waals surface area (Å²) in [5, 5.41) is 0.799. The van der Waals surface area contributed by atoms with Crippen molar-refractivity contribution in [3.8, 4) is 18.1 Å². The SMILES string of the molecule is C#CC1CC[C@@H](COc2ccc(F)cc2)S1.CC. The van der Waals surface area contributed by atoms with E-state index >= 15 is 0 Å². The van der Waals surface area contributed by atoms with Gasteiger partial charge in [-0.05, 0) is 37.1 Å². The van der Waals surface area contributed by atoms with Crippen molar-refractivity contribution >= 4 is 11.8 Å². The van der Waals surface area contributed by atoms with E-state index in [1.165, 1.54) is 12.1 Å². The van der Waals surface area contributed by atoms with Crippen molar-refractivity contribution in [1.82, 2.24) is 0 Å². The highest BCUT2D eigenvalue weighted by Crippen LogP contribution is 2.33. The lowest BCUT2D eigenvalue weighted by Crippen LogP contribution is -2.11. The third-order valence-corrected chi connectivity index (χ3v) is 4.00. The van der Waals surface area contributed by atoms with E-state index in [-0.39, 0.29) is 5.82 Å². The first-order chi connectivity index (χ1) is 8.78. The summed E-state index contributed by atoms with van der Waals surface area (Å²) in [6.07, 6.45) is 7.53. The Hall–Kier alpha value is -1.14. The predicted molar refractivity (Wildman–Crippen MR) is 76.5 cm³/mol. The molecule has 0 saturated carbocycles. The van der Waals surface area contributed by atoms with Gasteiger partial charge in [0.1, 0.15) is 18.2 Å². The number of rotatable bonds is 3. The van der Waals surface area contributed by atoms with Gasteiger partial charge in [0.15, 0.2) is 0 Å². The van der Waals surface area contributed by atoms with Crippen LogP contribution in [0, 0.1) is 18.2 Å². The van der Waals surface area contributed by atoms with Crippen LogP contribution in [0.2, 0.25) is 0 Å². The summed E-state index contributed by atoms with van der Waals surface area (Å²) in [6.45, 7) is 4.65. The number of terminal acetylenes is 1. The van der Waals surface area contributed by atoms with E-state index in [1.807, 2.05) is 13.8 Å². The zero-order chi connectivity index (χ0) is 13.4. The van der Waals surface area contributed by atoms with Crippen LogP contribution in [0.15, 0.2) is 24.3 Å². The Kier molecular flexibility index (Phi) is 6.67. The van der Waals surface area contributed by atoms with Gasteiger partial charge in [0.2, 0.25) is 0 Å². The van der Waals surface area contributed by atoms with Gasteiger partial charge >= 0.3 is 0 Å². The van der Waals surface area contributed by atoms with Gasteiger partial charge in [-0.1, -0.05) is 19.8 Å². The van der Waals surface area contributed by atoms with Crippen LogP contribution in [0.5, 0.6) is 5.75 Å². The molecular formula is C15H19FOS. The second-order valence-electron chi connectivity index (χ2n) is 3.76. The normalized spacial score (nSPS) is 21.7. The lowest BCUT2D eigenvalue weighted by atomic mass is 10.2. The Morgan fingerprint density at radius 2 is 2.00 bits per heavy atom. The lowest BCUT2D eigenvalue weighted by Gasteiger charge is -2.11. The Labute approximate surface area is 113 Å². The summed E-state index contributed by atoms with van der Waals surface area (Å²) in [7, 11) is 0. The smallest absolute Gasteiger partial charge is 0.123 e. The molecule has 1 fully saturated rings. The summed E-state index contributed by atoms with van der Waals surface area (Å²) in [5.41, 5.74) is 0. The van der Waals surface area contributed by atoms with Gasteiger partial charge in [0, 0.05) is 5.25 Å². The summed E-state index contributed by atoms with van der Waals surface area (Å²) >= 11 is 1.80. The molecule has 1 aromatic rings. The van der Waals surface area contributed by atoms with E-state index in [0.29, 0.717) is 22.9 Å². The van der Waals surface area contributed by atoms with E-state index in [0.717, 1.165) is 12.8 Å². The van der Waals surface area contributed by atoms with Crippen LogP contribution >= 0.6 is 11.8 Å². The minimum atomic E-state index is -0.241.